The van der Waals surface area contributed by atoms with Crippen LogP contribution in [0.15, 0.2) is 48.5 Å². The smallest absolute Gasteiger partial charge is 0.416 e. The van der Waals surface area contributed by atoms with Gasteiger partial charge in [-0.2, -0.15) is 13.2 Å². The number of amides is 1. The van der Waals surface area contributed by atoms with Crippen molar-refractivity contribution in [2.24, 2.45) is 0 Å². The number of carbonyl (C=O) groups is 2. The van der Waals surface area contributed by atoms with E-state index in [-0.39, 0.29) is 22.7 Å². The lowest BCUT2D eigenvalue weighted by atomic mass is 9.98. The monoisotopic (exact) mass is 656 g/mol. The summed E-state index contributed by atoms with van der Waals surface area (Å²) in [4.78, 5) is 25.0. The summed E-state index contributed by atoms with van der Waals surface area (Å²) < 4.78 is 106. The first-order chi connectivity index (χ1) is 20.9. The Kier molecular flexibility index (Phi) is 9.81. The minimum absolute atomic E-state index is 0.0682. The largest absolute Gasteiger partial charge is 0.598 e. The highest BCUT2D eigenvalue weighted by molar-refractivity contribution is 7.90. The quantitative estimate of drug-likeness (QED) is 0.152. The maximum atomic E-state index is 15.0. The highest BCUT2D eigenvalue weighted by Gasteiger charge is 2.41. The number of anilines is 1. The van der Waals surface area contributed by atoms with E-state index in [4.69, 9.17) is 4.74 Å². The average molecular weight is 657 g/mol. The van der Waals surface area contributed by atoms with Gasteiger partial charge in [0.25, 0.3) is 5.91 Å². The molecule has 0 bridgehead atoms. The zero-order valence-corrected chi connectivity index (χ0v) is 25.3. The van der Waals surface area contributed by atoms with Gasteiger partial charge in [0.15, 0.2) is 0 Å². The van der Waals surface area contributed by atoms with E-state index in [2.05, 4.69) is 10.0 Å². The third-order valence-electron chi connectivity index (χ3n) is 6.98. The molecule has 14 heteroatoms. The first-order valence-corrected chi connectivity index (χ1v) is 14.9. The lowest BCUT2D eigenvalue weighted by Crippen LogP contribution is -2.45. The summed E-state index contributed by atoms with van der Waals surface area (Å²) in [6, 6.07) is 6.02. The average Bonchev–Trinajstić information content (AvgIpc) is 3.78. The molecule has 3 unspecified atom stereocenters. The standard InChI is InChI=1S/C31H30F6N2O5S/c1-15-11-17(32)7-10-24(15)44-25-14-19(16-5-6-16)22(31(35,36)37)13-21(25)28(40)38-18-8-9-23(33)20(12-18)27(26(34)29(41)42)39-45(43)30(2,3)4/h7-14,16,26-27,39H,5-6H2,1-4H3,(H,38,40)(H,41,42). The molecule has 0 saturated heterocycles. The number of hydrogen-bond donors (Lipinski definition) is 3. The van der Waals surface area contributed by atoms with Crippen molar-refractivity contribution in [1.29, 1.82) is 0 Å². The molecule has 1 fully saturated rings. The van der Waals surface area contributed by atoms with Gasteiger partial charge in [0.1, 0.15) is 33.9 Å². The van der Waals surface area contributed by atoms with Gasteiger partial charge in [-0.3, -0.25) is 4.79 Å². The zero-order valence-electron chi connectivity index (χ0n) is 24.5. The highest BCUT2D eigenvalue weighted by atomic mass is 32.2. The molecule has 3 aromatic rings. The molecular weight excluding hydrogens is 626 g/mol. The Labute approximate surface area is 258 Å². The van der Waals surface area contributed by atoms with Crippen LogP contribution in [0.5, 0.6) is 11.5 Å². The Morgan fingerprint density at radius 2 is 1.69 bits per heavy atom. The summed E-state index contributed by atoms with van der Waals surface area (Å²) in [5.41, 5.74) is -2.19. The molecule has 1 aliphatic carbocycles. The third-order valence-corrected chi connectivity index (χ3v) is 8.56. The van der Waals surface area contributed by atoms with Gasteiger partial charge >= 0.3 is 12.1 Å². The number of benzene rings is 3. The number of aliphatic carboxylic acids is 1. The van der Waals surface area contributed by atoms with Crippen LogP contribution in [0.25, 0.3) is 0 Å². The number of carboxylic acid groups (broad SMARTS) is 1. The van der Waals surface area contributed by atoms with Crippen molar-refractivity contribution < 1.29 is 50.3 Å². The van der Waals surface area contributed by atoms with Crippen LogP contribution in [-0.4, -0.2) is 32.5 Å². The van der Waals surface area contributed by atoms with E-state index in [1.165, 1.54) is 33.8 Å². The second kappa shape index (κ2) is 12.9. The Morgan fingerprint density at radius 1 is 1.02 bits per heavy atom. The fourth-order valence-electron chi connectivity index (χ4n) is 4.45. The van der Waals surface area contributed by atoms with Crippen LogP contribution < -0.4 is 14.8 Å². The van der Waals surface area contributed by atoms with Crippen molar-refractivity contribution >= 4 is 28.9 Å². The van der Waals surface area contributed by atoms with Crippen molar-refractivity contribution in [1.82, 2.24) is 4.72 Å². The van der Waals surface area contributed by atoms with E-state index in [1.807, 2.05) is 0 Å². The summed E-state index contributed by atoms with van der Waals surface area (Å²) in [7, 11) is 0. The Morgan fingerprint density at radius 3 is 2.24 bits per heavy atom. The van der Waals surface area contributed by atoms with Crippen LogP contribution in [0, 0.1) is 18.6 Å². The summed E-state index contributed by atoms with van der Waals surface area (Å²) in [6.45, 7) is 6.07. The molecule has 242 valence electrons. The molecular formula is C31H30F6N2O5S. The molecule has 0 aromatic heterocycles. The Bertz CT molecular complexity index is 1610. The topological polar surface area (TPSA) is 111 Å². The first-order valence-electron chi connectivity index (χ1n) is 13.7. The fraction of sp³-hybridized carbons (Fsp3) is 0.355. The first kappa shape index (κ1) is 34.1. The summed E-state index contributed by atoms with van der Waals surface area (Å²) >= 11 is -2.05. The maximum Gasteiger partial charge on any atom is 0.416 e. The molecule has 0 spiro atoms. The van der Waals surface area contributed by atoms with Crippen LogP contribution >= 0.6 is 0 Å². The van der Waals surface area contributed by atoms with Gasteiger partial charge in [0.05, 0.1) is 11.1 Å². The van der Waals surface area contributed by atoms with Crippen molar-refractivity contribution in [2.75, 3.05) is 5.32 Å². The predicted octanol–water partition coefficient (Wildman–Crippen LogP) is 7.73. The fourth-order valence-corrected chi connectivity index (χ4v) is 5.29. The molecule has 1 saturated carbocycles. The van der Waals surface area contributed by atoms with Crippen molar-refractivity contribution in [3.05, 3.63) is 88.0 Å². The van der Waals surface area contributed by atoms with E-state index in [1.54, 1.807) is 0 Å². The Balaban J connectivity index is 1.76. The zero-order chi connectivity index (χ0) is 33.4. The summed E-state index contributed by atoms with van der Waals surface area (Å²) in [6.07, 6.45) is -6.58. The summed E-state index contributed by atoms with van der Waals surface area (Å²) in [5, 5.41) is 11.6. The van der Waals surface area contributed by atoms with Gasteiger partial charge in [0, 0.05) is 22.6 Å². The van der Waals surface area contributed by atoms with Crippen molar-refractivity contribution in [2.45, 2.75) is 69.6 Å². The van der Waals surface area contributed by atoms with E-state index in [0.717, 1.165) is 36.4 Å². The number of aryl methyl sites for hydroxylation is 1. The van der Waals surface area contributed by atoms with Crippen molar-refractivity contribution in [3.8, 4) is 11.5 Å². The van der Waals surface area contributed by atoms with Crippen LogP contribution in [0.2, 0.25) is 0 Å². The van der Waals surface area contributed by atoms with Crippen molar-refractivity contribution in [3.63, 3.8) is 0 Å². The second-order valence-corrected chi connectivity index (χ2v) is 13.6. The number of rotatable bonds is 10. The third kappa shape index (κ3) is 8.10. The van der Waals surface area contributed by atoms with Crippen LogP contribution in [0.1, 0.15) is 78.2 Å². The summed E-state index contributed by atoms with van der Waals surface area (Å²) in [5.74, 6) is -5.33. The Hall–Kier alpha value is -3.75. The molecule has 0 aliphatic heterocycles. The molecule has 3 N–H and O–H groups in total. The van der Waals surface area contributed by atoms with Gasteiger partial charge < -0.3 is 19.7 Å². The number of hydrogen-bond acceptors (Lipinski definition) is 5. The SMILES string of the molecule is Cc1cc(F)ccc1Oc1cc(C2CC2)c(C(F)(F)F)cc1C(=O)Nc1ccc(F)c(C(N[S+]([O-])C(C)(C)C)C(F)C(=O)O)c1. The molecule has 7 nitrogen and oxygen atoms in total. The van der Waals surface area contributed by atoms with Gasteiger partial charge in [0.2, 0.25) is 6.17 Å². The second-order valence-electron chi connectivity index (χ2n) is 11.6. The number of carboxylic acids is 1. The van der Waals surface area contributed by atoms with Crippen LogP contribution in [0.3, 0.4) is 0 Å². The number of carbonyl (C=O) groups excluding carboxylic acids is 1. The maximum absolute atomic E-state index is 15.0. The van der Waals surface area contributed by atoms with Gasteiger partial charge in [-0.25, -0.2) is 18.0 Å². The number of halogens is 6. The van der Waals surface area contributed by atoms with E-state index < -0.39 is 80.6 Å². The molecule has 3 atom stereocenters. The normalized spacial score (nSPS) is 15.7. The predicted molar refractivity (Wildman–Crippen MR) is 155 cm³/mol. The molecule has 0 radical (unpaired) electrons. The number of alkyl halides is 4. The molecule has 45 heavy (non-hydrogen) atoms. The van der Waals surface area contributed by atoms with E-state index >= 15 is 0 Å². The molecule has 1 amide bonds. The molecule has 0 heterocycles. The van der Waals surface area contributed by atoms with Crippen LogP contribution in [-0.2, 0) is 22.3 Å². The molecule has 3 aromatic carbocycles. The van der Waals surface area contributed by atoms with Gasteiger partial charge in [-0.15, -0.1) is 4.72 Å². The van der Waals surface area contributed by atoms with Gasteiger partial charge in [-0.05, 0) is 106 Å². The molecule has 4 rings (SSSR count). The minimum Gasteiger partial charge on any atom is -0.598 e. The minimum atomic E-state index is -4.82. The molecule has 1 aliphatic rings. The van der Waals surface area contributed by atoms with E-state index in [0.29, 0.717) is 24.5 Å². The lowest BCUT2D eigenvalue weighted by molar-refractivity contribution is -0.144. The number of nitrogens with one attached hydrogen (secondary N) is 2. The van der Waals surface area contributed by atoms with E-state index in [9.17, 15) is 45.6 Å². The number of ether oxygens (including phenoxy) is 1. The van der Waals surface area contributed by atoms with Crippen LogP contribution in [0.4, 0.5) is 32.0 Å². The lowest BCUT2D eigenvalue weighted by Gasteiger charge is -2.29. The van der Waals surface area contributed by atoms with Gasteiger partial charge in [-0.1, -0.05) is 0 Å². The highest BCUT2D eigenvalue weighted by Crippen LogP contribution is 2.48.